The fourth-order valence-electron chi connectivity index (χ4n) is 3.69. The highest BCUT2D eigenvalue weighted by Gasteiger charge is 2.34. The van der Waals surface area contributed by atoms with Gasteiger partial charge in [0.2, 0.25) is 5.91 Å². The van der Waals surface area contributed by atoms with Crippen molar-refractivity contribution in [3.8, 4) is 0 Å². The summed E-state index contributed by atoms with van der Waals surface area (Å²) in [5.41, 5.74) is 1.54. The highest BCUT2D eigenvalue weighted by Crippen LogP contribution is 2.21. The molecule has 0 heterocycles. The fourth-order valence-corrected chi connectivity index (χ4v) is 3.69. The smallest absolute Gasteiger partial charge is 0.302 e. The Labute approximate surface area is 187 Å². The minimum Gasteiger partial charge on any atom is -0.463 e. The lowest BCUT2D eigenvalue weighted by Gasteiger charge is -2.33. The molecule has 0 unspecified atom stereocenters. The van der Waals surface area contributed by atoms with Crippen LogP contribution in [0.25, 0.3) is 0 Å². The lowest BCUT2D eigenvalue weighted by molar-refractivity contribution is -0.150. The molecule has 1 amide bonds. The molecule has 1 rings (SSSR count). The van der Waals surface area contributed by atoms with Crippen molar-refractivity contribution < 1.29 is 23.9 Å². The zero-order valence-corrected chi connectivity index (χ0v) is 19.6. The molecule has 6 nitrogen and oxygen atoms in total. The van der Waals surface area contributed by atoms with Crippen LogP contribution in [0.1, 0.15) is 83.8 Å². The monoisotopic (exact) mass is 433 g/mol. The van der Waals surface area contributed by atoms with Crippen molar-refractivity contribution in [2.45, 2.75) is 91.0 Å². The van der Waals surface area contributed by atoms with Crippen LogP contribution in [0.15, 0.2) is 24.3 Å². The van der Waals surface area contributed by atoms with Gasteiger partial charge in [0.1, 0.15) is 18.8 Å². The first-order chi connectivity index (χ1) is 14.8. The van der Waals surface area contributed by atoms with Gasteiger partial charge in [-0.3, -0.25) is 14.4 Å². The Morgan fingerprint density at radius 3 is 1.84 bits per heavy atom. The van der Waals surface area contributed by atoms with E-state index in [0.717, 1.165) is 12.8 Å². The van der Waals surface area contributed by atoms with E-state index in [4.69, 9.17) is 9.47 Å². The van der Waals surface area contributed by atoms with Gasteiger partial charge in [0, 0.05) is 20.8 Å². The zero-order chi connectivity index (χ0) is 23.1. The van der Waals surface area contributed by atoms with E-state index in [0.29, 0.717) is 12.8 Å². The number of benzene rings is 1. The maximum Gasteiger partial charge on any atom is 0.302 e. The van der Waals surface area contributed by atoms with Crippen LogP contribution in [0, 0.1) is 0 Å². The van der Waals surface area contributed by atoms with Gasteiger partial charge in [-0.25, -0.2) is 0 Å². The Kier molecular flexibility index (Phi) is 12.6. The number of nitrogens with one attached hydrogen (secondary N) is 1. The average Bonchev–Trinajstić information content (AvgIpc) is 2.72. The molecule has 0 atom stereocenters. The van der Waals surface area contributed by atoms with Gasteiger partial charge in [-0.1, -0.05) is 63.3 Å². The van der Waals surface area contributed by atoms with Crippen LogP contribution in [-0.2, 0) is 36.7 Å². The van der Waals surface area contributed by atoms with E-state index in [1.54, 1.807) is 0 Å². The Hall–Kier alpha value is -2.37. The van der Waals surface area contributed by atoms with E-state index < -0.39 is 17.5 Å². The first-order valence-corrected chi connectivity index (χ1v) is 11.4. The summed E-state index contributed by atoms with van der Waals surface area (Å²) < 4.78 is 10.5. The van der Waals surface area contributed by atoms with Gasteiger partial charge in [-0.05, 0) is 36.8 Å². The molecule has 0 bridgehead atoms. The molecule has 1 aromatic carbocycles. The standard InChI is InChI=1S/C25H39NO5/c1-5-6-7-8-9-10-13-23-14-11-12-15-24(23)16-17-25(26-20(2)27,18-30-21(3)28)19-31-22(4)29/h11-12,14-15H,5-10,13,16-19H2,1-4H3,(H,26,27). The van der Waals surface area contributed by atoms with E-state index in [-0.39, 0.29) is 19.1 Å². The van der Waals surface area contributed by atoms with Crippen LogP contribution >= 0.6 is 0 Å². The number of amides is 1. The number of hydrogen-bond acceptors (Lipinski definition) is 5. The van der Waals surface area contributed by atoms with E-state index in [9.17, 15) is 14.4 Å². The number of aryl methyl sites for hydroxylation is 2. The summed E-state index contributed by atoms with van der Waals surface area (Å²) in [5, 5.41) is 2.87. The second-order valence-electron chi connectivity index (χ2n) is 8.31. The van der Waals surface area contributed by atoms with Crippen LogP contribution in [0.2, 0.25) is 0 Å². The minimum atomic E-state index is -0.962. The molecule has 0 radical (unpaired) electrons. The third-order valence-corrected chi connectivity index (χ3v) is 5.34. The second-order valence-corrected chi connectivity index (χ2v) is 8.31. The van der Waals surface area contributed by atoms with Crippen LogP contribution in [0.5, 0.6) is 0 Å². The van der Waals surface area contributed by atoms with Crippen molar-refractivity contribution in [3.05, 3.63) is 35.4 Å². The summed E-state index contributed by atoms with van der Waals surface area (Å²) in [4.78, 5) is 34.7. The molecule has 0 fully saturated rings. The zero-order valence-electron chi connectivity index (χ0n) is 19.6. The first-order valence-electron chi connectivity index (χ1n) is 11.4. The van der Waals surface area contributed by atoms with Crippen LogP contribution in [0.3, 0.4) is 0 Å². The normalized spacial score (nSPS) is 11.1. The molecular formula is C25H39NO5. The summed E-state index contributed by atoms with van der Waals surface area (Å²) in [7, 11) is 0. The van der Waals surface area contributed by atoms with E-state index >= 15 is 0 Å². The molecule has 0 saturated carbocycles. The number of hydrogen-bond donors (Lipinski definition) is 1. The minimum absolute atomic E-state index is 0.0468. The summed E-state index contributed by atoms with van der Waals surface area (Å²) in [6.07, 6.45) is 9.67. The SMILES string of the molecule is CCCCCCCCc1ccccc1CCC(COC(C)=O)(COC(C)=O)NC(C)=O. The van der Waals surface area contributed by atoms with Gasteiger partial charge >= 0.3 is 11.9 Å². The number of ether oxygens (including phenoxy) is 2. The number of rotatable bonds is 15. The van der Waals surface area contributed by atoms with Crippen molar-refractivity contribution in [3.63, 3.8) is 0 Å². The van der Waals surface area contributed by atoms with Crippen molar-refractivity contribution in [1.29, 1.82) is 0 Å². The number of carbonyl (C=O) groups is 3. The summed E-state index contributed by atoms with van der Waals surface area (Å²) in [5.74, 6) is -1.15. The maximum absolute atomic E-state index is 11.9. The van der Waals surface area contributed by atoms with Crippen LogP contribution in [0.4, 0.5) is 0 Å². The van der Waals surface area contributed by atoms with Crippen molar-refractivity contribution >= 4 is 17.8 Å². The van der Waals surface area contributed by atoms with Gasteiger partial charge in [0.05, 0.1) is 0 Å². The average molecular weight is 434 g/mol. The van der Waals surface area contributed by atoms with E-state index in [1.165, 1.54) is 64.0 Å². The molecule has 0 aromatic heterocycles. The Balaban J connectivity index is 2.86. The van der Waals surface area contributed by atoms with Crippen LogP contribution in [-0.4, -0.2) is 36.6 Å². The molecular weight excluding hydrogens is 394 g/mol. The summed E-state index contributed by atoms with van der Waals surface area (Å²) in [6, 6.07) is 8.31. The van der Waals surface area contributed by atoms with Gasteiger partial charge in [0.25, 0.3) is 0 Å². The maximum atomic E-state index is 11.9. The van der Waals surface area contributed by atoms with Crippen molar-refractivity contribution in [1.82, 2.24) is 5.32 Å². The van der Waals surface area contributed by atoms with E-state index in [2.05, 4.69) is 30.4 Å². The molecule has 0 spiro atoms. The topological polar surface area (TPSA) is 81.7 Å². The third kappa shape index (κ3) is 11.6. The van der Waals surface area contributed by atoms with Gasteiger partial charge in [-0.2, -0.15) is 0 Å². The Bertz CT molecular complexity index is 683. The largest absolute Gasteiger partial charge is 0.463 e. The summed E-state index contributed by atoms with van der Waals surface area (Å²) >= 11 is 0. The molecule has 174 valence electrons. The first kappa shape index (κ1) is 26.7. The fraction of sp³-hybridized carbons (Fsp3) is 0.640. The van der Waals surface area contributed by atoms with Gasteiger partial charge in [-0.15, -0.1) is 0 Å². The highest BCUT2D eigenvalue weighted by molar-refractivity contribution is 5.74. The highest BCUT2D eigenvalue weighted by atomic mass is 16.5. The number of esters is 2. The molecule has 6 heteroatoms. The number of unbranched alkanes of at least 4 members (excludes halogenated alkanes) is 5. The Morgan fingerprint density at radius 2 is 1.32 bits per heavy atom. The number of carbonyl (C=O) groups excluding carboxylic acids is 3. The van der Waals surface area contributed by atoms with Gasteiger partial charge in [0.15, 0.2) is 0 Å². The predicted molar refractivity (Wildman–Crippen MR) is 122 cm³/mol. The molecule has 1 N–H and O–H groups in total. The van der Waals surface area contributed by atoms with Gasteiger partial charge < -0.3 is 14.8 Å². The van der Waals surface area contributed by atoms with E-state index in [1.807, 2.05) is 6.07 Å². The molecule has 31 heavy (non-hydrogen) atoms. The predicted octanol–water partition coefficient (Wildman–Crippen LogP) is 4.52. The lowest BCUT2D eigenvalue weighted by atomic mass is 9.89. The van der Waals surface area contributed by atoms with Crippen molar-refractivity contribution in [2.24, 2.45) is 0 Å². The Morgan fingerprint density at radius 1 is 0.806 bits per heavy atom. The summed E-state index contributed by atoms with van der Waals surface area (Å²) in [6.45, 7) is 6.17. The second kappa shape index (κ2) is 14.6. The third-order valence-electron chi connectivity index (χ3n) is 5.34. The lowest BCUT2D eigenvalue weighted by Crippen LogP contribution is -2.55. The molecule has 0 aliphatic rings. The quantitative estimate of drug-likeness (QED) is 0.325. The van der Waals surface area contributed by atoms with Crippen LogP contribution < -0.4 is 5.32 Å². The van der Waals surface area contributed by atoms with Crippen molar-refractivity contribution in [2.75, 3.05) is 13.2 Å². The molecule has 0 aliphatic heterocycles. The molecule has 1 aromatic rings. The molecule has 0 saturated heterocycles. The molecule has 0 aliphatic carbocycles.